The Labute approximate surface area is 198 Å². The van der Waals surface area contributed by atoms with Crippen molar-refractivity contribution in [2.45, 2.75) is 26.9 Å². The molecule has 4 rings (SSSR count). The van der Waals surface area contributed by atoms with Crippen molar-refractivity contribution in [3.63, 3.8) is 0 Å². The van der Waals surface area contributed by atoms with E-state index in [1.54, 1.807) is 12.3 Å². The summed E-state index contributed by atoms with van der Waals surface area (Å²) in [5.74, 6) is 1.11. The zero-order valence-electron chi connectivity index (χ0n) is 19.2. The molecule has 0 saturated carbocycles. The van der Waals surface area contributed by atoms with Gasteiger partial charge in [0.15, 0.2) is 0 Å². The number of fused-ring (bicyclic) bond motifs is 1. The van der Waals surface area contributed by atoms with Gasteiger partial charge in [-0.1, -0.05) is 42.5 Å². The van der Waals surface area contributed by atoms with E-state index in [-0.39, 0.29) is 5.91 Å². The number of pyridine rings is 1. The topological polar surface area (TPSA) is 84.2 Å². The van der Waals surface area contributed by atoms with Gasteiger partial charge in [-0.25, -0.2) is 0 Å². The van der Waals surface area contributed by atoms with Crippen LogP contribution in [0.2, 0.25) is 0 Å². The van der Waals surface area contributed by atoms with Gasteiger partial charge >= 0.3 is 0 Å². The summed E-state index contributed by atoms with van der Waals surface area (Å²) in [4.78, 5) is 16.2. The second-order valence-electron chi connectivity index (χ2n) is 7.84. The van der Waals surface area contributed by atoms with Crippen LogP contribution in [0.4, 0.5) is 5.69 Å². The summed E-state index contributed by atoms with van der Waals surface area (Å²) < 4.78 is 11.7. The highest BCUT2D eigenvalue weighted by Gasteiger charge is 2.15. The minimum Gasteiger partial charge on any atom is -0.492 e. The number of amides is 1. The Bertz CT molecular complexity index is 1360. The lowest BCUT2D eigenvalue weighted by Crippen LogP contribution is -2.08. The molecule has 0 atom stereocenters. The van der Waals surface area contributed by atoms with Gasteiger partial charge in [0.25, 0.3) is 0 Å². The van der Waals surface area contributed by atoms with Crippen molar-refractivity contribution in [3.8, 4) is 17.6 Å². The van der Waals surface area contributed by atoms with E-state index >= 15 is 0 Å². The molecular weight excluding hydrogens is 426 g/mol. The number of carbonyl (C=O) groups is 1. The summed E-state index contributed by atoms with van der Waals surface area (Å²) in [6.45, 7) is 4.27. The number of benzene rings is 3. The minimum absolute atomic E-state index is 0.200. The summed E-state index contributed by atoms with van der Waals surface area (Å²) in [5, 5.41) is 13.4. The fraction of sp³-hybridized carbons (Fsp3) is 0.179. The Hall–Kier alpha value is -4.37. The number of ether oxygens (including phenoxy) is 2. The molecule has 4 aromatic rings. The van der Waals surface area contributed by atoms with E-state index in [1.165, 1.54) is 6.92 Å². The van der Waals surface area contributed by atoms with Gasteiger partial charge in [-0.2, -0.15) is 5.26 Å². The second kappa shape index (κ2) is 10.5. The Balaban J connectivity index is 1.69. The summed E-state index contributed by atoms with van der Waals surface area (Å²) in [6.07, 6.45) is 2.10. The maximum atomic E-state index is 11.8. The van der Waals surface area contributed by atoms with Crippen LogP contribution in [0.5, 0.6) is 11.5 Å². The first-order valence-corrected chi connectivity index (χ1v) is 11.1. The molecular formula is C28H25N3O3. The average molecular weight is 452 g/mol. The predicted octanol–water partition coefficient (Wildman–Crippen LogP) is 5.63. The van der Waals surface area contributed by atoms with Crippen molar-refractivity contribution in [2.75, 3.05) is 11.9 Å². The molecule has 0 fully saturated rings. The minimum atomic E-state index is -0.200. The highest BCUT2D eigenvalue weighted by atomic mass is 16.5. The number of anilines is 1. The van der Waals surface area contributed by atoms with Gasteiger partial charge in [-0.15, -0.1) is 0 Å². The Kier molecular flexibility index (Phi) is 7.04. The van der Waals surface area contributed by atoms with Crippen LogP contribution in [-0.2, 0) is 17.8 Å². The molecule has 0 aliphatic heterocycles. The van der Waals surface area contributed by atoms with Gasteiger partial charge in [-0.05, 0) is 48.2 Å². The average Bonchev–Trinajstić information content (AvgIpc) is 2.84. The molecule has 0 spiro atoms. The number of carbonyl (C=O) groups excluding carboxylic acids is 1. The van der Waals surface area contributed by atoms with Crippen molar-refractivity contribution >= 4 is 22.5 Å². The van der Waals surface area contributed by atoms with E-state index < -0.39 is 0 Å². The molecule has 6 heteroatoms. The maximum absolute atomic E-state index is 11.8. The molecule has 0 aliphatic carbocycles. The van der Waals surface area contributed by atoms with Crippen LogP contribution in [0.15, 0.2) is 72.9 Å². The van der Waals surface area contributed by atoms with Gasteiger partial charge in [0.05, 0.1) is 23.4 Å². The van der Waals surface area contributed by atoms with Gasteiger partial charge < -0.3 is 14.8 Å². The largest absolute Gasteiger partial charge is 0.492 e. The summed E-state index contributed by atoms with van der Waals surface area (Å²) in [6, 6.07) is 23.7. The number of nitrogens with one attached hydrogen (secondary N) is 1. The molecule has 1 aromatic heterocycles. The van der Waals surface area contributed by atoms with E-state index in [2.05, 4.69) is 16.4 Å². The van der Waals surface area contributed by atoms with Crippen molar-refractivity contribution in [1.82, 2.24) is 4.98 Å². The normalized spacial score (nSPS) is 10.5. The monoisotopic (exact) mass is 451 g/mol. The van der Waals surface area contributed by atoms with Crippen LogP contribution in [0, 0.1) is 11.3 Å². The number of nitrogens with zero attached hydrogens (tertiary/aromatic N) is 2. The standard InChI is InChI=1S/C28H25N3O3/c1-3-33-28-15-26-25(14-27(28)31-19(2)32)24(22(16-29)17-30-26)13-21-10-7-11-23(12-21)34-18-20-8-5-4-6-9-20/h4-12,14-15,17H,3,13,18H2,1-2H3,(H,31,32). The summed E-state index contributed by atoms with van der Waals surface area (Å²) in [7, 11) is 0. The van der Waals surface area contributed by atoms with Crippen molar-refractivity contribution in [3.05, 3.63) is 95.2 Å². The zero-order valence-corrected chi connectivity index (χ0v) is 19.2. The second-order valence-corrected chi connectivity index (χ2v) is 7.84. The lowest BCUT2D eigenvalue weighted by atomic mass is 9.96. The SMILES string of the molecule is CCOc1cc2ncc(C#N)c(Cc3cccc(OCc4ccccc4)c3)c2cc1NC(C)=O. The number of hydrogen-bond acceptors (Lipinski definition) is 5. The third kappa shape index (κ3) is 5.33. The molecule has 0 bridgehead atoms. The summed E-state index contributed by atoms with van der Waals surface area (Å²) >= 11 is 0. The van der Waals surface area contributed by atoms with Crippen molar-refractivity contribution in [1.29, 1.82) is 5.26 Å². The van der Waals surface area contributed by atoms with Crippen LogP contribution >= 0.6 is 0 Å². The smallest absolute Gasteiger partial charge is 0.221 e. The number of rotatable bonds is 8. The Morgan fingerprint density at radius 1 is 1.03 bits per heavy atom. The molecule has 0 saturated heterocycles. The van der Waals surface area contributed by atoms with Gasteiger partial charge in [-0.3, -0.25) is 9.78 Å². The van der Waals surface area contributed by atoms with Crippen molar-refractivity contribution in [2.24, 2.45) is 0 Å². The maximum Gasteiger partial charge on any atom is 0.221 e. The highest BCUT2D eigenvalue weighted by molar-refractivity contribution is 5.96. The quantitative estimate of drug-likeness (QED) is 0.375. The zero-order chi connectivity index (χ0) is 23.9. The molecule has 0 unspecified atom stereocenters. The van der Waals surface area contributed by atoms with E-state index in [0.29, 0.717) is 42.2 Å². The fourth-order valence-electron chi connectivity index (χ4n) is 3.81. The van der Waals surface area contributed by atoms with Crippen LogP contribution in [-0.4, -0.2) is 17.5 Å². The van der Waals surface area contributed by atoms with E-state index in [4.69, 9.17) is 9.47 Å². The lowest BCUT2D eigenvalue weighted by molar-refractivity contribution is -0.114. The van der Waals surface area contributed by atoms with E-state index in [0.717, 1.165) is 27.8 Å². The van der Waals surface area contributed by atoms with Crippen LogP contribution in [0.1, 0.15) is 36.1 Å². The fourth-order valence-corrected chi connectivity index (χ4v) is 3.81. The molecule has 0 radical (unpaired) electrons. The lowest BCUT2D eigenvalue weighted by Gasteiger charge is -2.15. The number of aromatic nitrogens is 1. The van der Waals surface area contributed by atoms with Crippen LogP contribution in [0.3, 0.4) is 0 Å². The Morgan fingerprint density at radius 2 is 1.82 bits per heavy atom. The molecule has 170 valence electrons. The Morgan fingerprint density at radius 3 is 2.56 bits per heavy atom. The van der Waals surface area contributed by atoms with Gasteiger partial charge in [0.1, 0.15) is 24.2 Å². The van der Waals surface area contributed by atoms with Gasteiger partial charge in [0, 0.05) is 24.6 Å². The first kappa shape index (κ1) is 22.8. The molecule has 1 N–H and O–H groups in total. The van der Waals surface area contributed by atoms with Gasteiger partial charge in [0.2, 0.25) is 5.91 Å². The third-order valence-electron chi connectivity index (χ3n) is 5.34. The summed E-state index contributed by atoms with van der Waals surface area (Å²) in [5.41, 5.74) is 4.67. The molecule has 6 nitrogen and oxygen atoms in total. The molecule has 0 aliphatic rings. The first-order chi connectivity index (χ1) is 16.6. The number of nitriles is 1. The first-order valence-electron chi connectivity index (χ1n) is 11.1. The molecule has 34 heavy (non-hydrogen) atoms. The van der Waals surface area contributed by atoms with Crippen LogP contribution < -0.4 is 14.8 Å². The predicted molar refractivity (Wildman–Crippen MR) is 132 cm³/mol. The molecule has 1 amide bonds. The number of hydrogen-bond donors (Lipinski definition) is 1. The van der Waals surface area contributed by atoms with Crippen LogP contribution in [0.25, 0.3) is 10.9 Å². The molecule has 3 aromatic carbocycles. The van der Waals surface area contributed by atoms with Crippen molar-refractivity contribution < 1.29 is 14.3 Å². The highest BCUT2D eigenvalue weighted by Crippen LogP contribution is 2.33. The van der Waals surface area contributed by atoms with E-state index in [9.17, 15) is 10.1 Å². The molecule has 1 heterocycles. The van der Waals surface area contributed by atoms with E-state index in [1.807, 2.05) is 67.6 Å². The third-order valence-corrected chi connectivity index (χ3v) is 5.34.